The number of ether oxygens (including phenoxy) is 1. The summed E-state index contributed by atoms with van der Waals surface area (Å²) in [7, 11) is 1.23. The summed E-state index contributed by atoms with van der Waals surface area (Å²) in [5, 5.41) is 5.46. The van der Waals surface area contributed by atoms with Crippen molar-refractivity contribution in [3.63, 3.8) is 0 Å². The fourth-order valence-corrected chi connectivity index (χ4v) is 1.72. The van der Waals surface area contributed by atoms with Crippen LogP contribution in [0.15, 0.2) is 41.7 Å². The lowest BCUT2D eigenvalue weighted by atomic mass is 10.3. The van der Waals surface area contributed by atoms with Crippen LogP contribution in [0.4, 0.5) is 0 Å². The lowest BCUT2D eigenvalue weighted by molar-refractivity contribution is -0.135. The van der Waals surface area contributed by atoms with E-state index in [1.54, 1.807) is 18.2 Å². The number of hydrazone groups is 1. The molecule has 20 heavy (non-hydrogen) atoms. The van der Waals surface area contributed by atoms with Crippen molar-refractivity contribution in [1.29, 1.82) is 0 Å². The van der Waals surface area contributed by atoms with E-state index in [0.717, 1.165) is 6.08 Å². The summed E-state index contributed by atoms with van der Waals surface area (Å²) in [5.41, 5.74) is 0.0458. The third-order valence-corrected chi connectivity index (χ3v) is 2.73. The van der Waals surface area contributed by atoms with Crippen molar-refractivity contribution in [2.24, 2.45) is 5.10 Å². The molecule has 0 bridgehead atoms. The minimum atomic E-state index is -0.650. The molecule has 1 heterocycles. The Balaban J connectivity index is 3.17. The monoisotopic (exact) mass is 293 g/mol. The van der Waals surface area contributed by atoms with E-state index in [-0.39, 0.29) is 17.4 Å². The van der Waals surface area contributed by atoms with E-state index in [1.165, 1.54) is 23.2 Å². The summed E-state index contributed by atoms with van der Waals surface area (Å²) in [6.45, 7) is 5.63. The van der Waals surface area contributed by atoms with E-state index in [2.05, 4.69) is 16.4 Å². The average molecular weight is 293 g/mol. The van der Waals surface area contributed by atoms with Gasteiger partial charge >= 0.3 is 5.97 Å². The molecule has 1 aliphatic heterocycles. The molecular formula is C13H15N3O3S. The van der Waals surface area contributed by atoms with Crippen molar-refractivity contribution < 1.29 is 14.3 Å². The van der Waals surface area contributed by atoms with Crippen LogP contribution >= 0.6 is 12.2 Å². The molecule has 0 aromatic heterocycles. The number of thiocarbonyl (C=S) groups is 1. The maximum Gasteiger partial charge on any atom is 0.332 e. The zero-order chi connectivity index (χ0) is 15.1. The highest BCUT2D eigenvalue weighted by atomic mass is 32.1. The van der Waals surface area contributed by atoms with Gasteiger partial charge in [-0.05, 0) is 25.2 Å². The number of methoxy groups -OCH3 is 1. The number of esters is 1. The summed E-state index contributed by atoms with van der Waals surface area (Å²) in [6, 6.07) is 0. The largest absolute Gasteiger partial charge is 0.466 e. The number of nitrogens with zero attached hydrogens (tertiary/aromatic N) is 3. The van der Waals surface area contributed by atoms with E-state index in [0.29, 0.717) is 0 Å². The summed E-state index contributed by atoms with van der Waals surface area (Å²) < 4.78 is 4.52. The van der Waals surface area contributed by atoms with Gasteiger partial charge in [0.05, 0.1) is 13.2 Å². The number of hydrogen-bond donors (Lipinski definition) is 0. The molecular weight excluding hydrogens is 278 g/mol. The minimum Gasteiger partial charge on any atom is -0.466 e. The molecule has 0 unspecified atom stereocenters. The average Bonchev–Trinajstić information content (AvgIpc) is 2.65. The van der Waals surface area contributed by atoms with Crippen molar-refractivity contribution in [1.82, 2.24) is 9.91 Å². The number of hydrogen-bond acceptors (Lipinski definition) is 5. The quantitative estimate of drug-likeness (QED) is 0.251. The highest BCUT2D eigenvalue weighted by Gasteiger charge is 2.38. The third-order valence-electron chi connectivity index (χ3n) is 2.33. The number of amides is 1. The van der Waals surface area contributed by atoms with Gasteiger partial charge in [0.25, 0.3) is 5.91 Å². The molecule has 6 nitrogen and oxygen atoms in total. The maximum atomic E-state index is 12.2. The van der Waals surface area contributed by atoms with Gasteiger partial charge in [-0.25, -0.2) is 9.80 Å². The highest BCUT2D eigenvalue weighted by Crippen LogP contribution is 2.21. The van der Waals surface area contributed by atoms with Crippen LogP contribution in [0.3, 0.4) is 0 Å². The van der Waals surface area contributed by atoms with Crippen molar-refractivity contribution in [2.45, 2.75) is 6.92 Å². The van der Waals surface area contributed by atoms with Crippen LogP contribution in [0.25, 0.3) is 0 Å². The Morgan fingerprint density at radius 2 is 2.25 bits per heavy atom. The van der Waals surface area contributed by atoms with Gasteiger partial charge in [-0.1, -0.05) is 12.2 Å². The Hall–Kier alpha value is -2.28. The smallest absolute Gasteiger partial charge is 0.332 e. The van der Waals surface area contributed by atoms with Gasteiger partial charge in [0, 0.05) is 12.8 Å². The molecule has 1 amide bonds. The summed E-state index contributed by atoms with van der Waals surface area (Å²) in [6.07, 6.45) is 7.53. The number of rotatable bonds is 5. The molecule has 0 spiro atoms. The topological polar surface area (TPSA) is 62.2 Å². The van der Waals surface area contributed by atoms with Crippen LogP contribution in [0.2, 0.25) is 0 Å². The van der Waals surface area contributed by atoms with Gasteiger partial charge in [0.1, 0.15) is 5.70 Å². The minimum absolute atomic E-state index is 0.0458. The number of allylic oxidation sites excluding steroid dienone is 2. The Morgan fingerprint density at radius 3 is 2.80 bits per heavy atom. The normalized spacial score (nSPS) is 17.8. The first-order valence-electron chi connectivity index (χ1n) is 5.78. The van der Waals surface area contributed by atoms with Crippen molar-refractivity contribution in [2.75, 3.05) is 13.7 Å². The third kappa shape index (κ3) is 3.39. The second-order valence-electron chi connectivity index (χ2n) is 3.64. The molecule has 0 aromatic rings. The number of carbonyl (C=O) groups is 2. The molecule has 0 saturated carbocycles. The van der Waals surface area contributed by atoms with Gasteiger partial charge in [0.15, 0.2) is 0 Å². The fraction of sp³-hybridized carbons (Fsp3) is 0.231. The van der Waals surface area contributed by atoms with Gasteiger partial charge in [-0.15, -0.1) is 6.58 Å². The second kappa shape index (κ2) is 7.34. The maximum absolute atomic E-state index is 12.2. The SMILES string of the molecule is C=CCN1C(=O)/C(=C\C(=O)OC)N(/N=C/C=C/C)C1=S. The lowest BCUT2D eigenvalue weighted by Gasteiger charge is -2.13. The Morgan fingerprint density at radius 1 is 1.55 bits per heavy atom. The van der Waals surface area contributed by atoms with E-state index < -0.39 is 11.9 Å². The highest BCUT2D eigenvalue weighted by molar-refractivity contribution is 7.80. The summed E-state index contributed by atoms with van der Waals surface area (Å²) in [5.74, 6) is -1.07. The van der Waals surface area contributed by atoms with Gasteiger partial charge in [-0.2, -0.15) is 5.10 Å². The van der Waals surface area contributed by atoms with Crippen molar-refractivity contribution in [3.8, 4) is 0 Å². The second-order valence-corrected chi connectivity index (χ2v) is 4.01. The molecule has 0 N–H and O–H groups in total. The first-order valence-corrected chi connectivity index (χ1v) is 6.19. The van der Waals surface area contributed by atoms with E-state index in [1.807, 2.05) is 6.92 Å². The van der Waals surface area contributed by atoms with Crippen LogP contribution in [-0.4, -0.2) is 46.8 Å². The summed E-state index contributed by atoms with van der Waals surface area (Å²) >= 11 is 5.17. The first-order chi connectivity index (χ1) is 9.56. The van der Waals surface area contributed by atoms with Crippen molar-refractivity contribution >= 4 is 35.4 Å². The molecule has 0 aromatic carbocycles. The van der Waals surface area contributed by atoms with Gasteiger partial charge in [0.2, 0.25) is 5.11 Å². The summed E-state index contributed by atoms with van der Waals surface area (Å²) in [4.78, 5) is 24.8. The zero-order valence-corrected chi connectivity index (χ0v) is 12.1. The first kappa shape index (κ1) is 15.8. The van der Waals surface area contributed by atoms with Crippen molar-refractivity contribution in [3.05, 3.63) is 36.6 Å². The van der Waals surface area contributed by atoms with E-state index >= 15 is 0 Å². The molecule has 1 fully saturated rings. The molecule has 1 saturated heterocycles. The van der Waals surface area contributed by atoms with Crippen LogP contribution < -0.4 is 0 Å². The molecule has 0 radical (unpaired) electrons. The Kier molecular flexibility index (Phi) is 5.79. The molecule has 0 aliphatic carbocycles. The van der Waals surface area contributed by atoms with Crippen LogP contribution in [0.5, 0.6) is 0 Å². The predicted molar refractivity (Wildman–Crippen MR) is 79.8 cm³/mol. The van der Waals surface area contributed by atoms with Crippen LogP contribution in [-0.2, 0) is 14.3 Å². The molecule has 106 valence electrons. The molecule has 0 atom stereocenters. The Bertz CT molecular complexity index is 523. The number of carbonyl (C=O) groups excluding carboxylic acids is 2. The predicted octanol–water partition coefficient (Wildman–Crippen LogP) is 1.22. The van der Waals surface area contributed by atoms with E-state index in [9.17, 15) is 9.59 Å². The fourth-order valence-electron chi connectivity index (χ4n) is 1.42. The van der Waals surface area contributed by atoms with Gasteiger partial charge < -0.3 is 4.74 Å². The Labute approximate surface area is 122 Å². The van der Waals surface area contributed by atoms with Crippen LogP contribution in [0, 0.1) is 0 Å². The lowest BCUT2D eigenvalue weighted by Crippen LogP contribution is -2.31. The molecule has 1 rings (SSSR count). The van der Waals surface area contributed by atoms with E-state index in [4.69, 9.17) is 12.2 Å². The standard InChI is InChI=1S/C13H15N3O3S/c1-4-6-7-14-16-10(9-11(17)19-3)12(18)15(8-5-2)13(16)20/h4-7,9H,2,8H2,1,3H3/b6-4+,10-9+,14-7+. The molecule has 1 aliphatic rings. The zero-order valence-electron chi connectivity index (χ0n) is 11.3. The molecule has 7 heteroatoms. The van der Waals surface area contributed by atoms with Crippen LogP contribution in [0.1, 0.15) is 6.92 Å². The van der Waals surface area contributed by atoms with Gasteiger partial charge in [-0.3, -0.25) is 9.69 Å².